The number of aliphatic hydroxyl groups excluding tert-OH is 1. The molecule has 7 heteroatoms. The third-order valence-electron chi connectivity index (χ3n) is 2.42. The fraction of sp³-hybridized carbons (Fsp3) is 0.545. The first-order valence-corrected chi connectivity index (χ1v) is 7.45. The van der Waals surface area contributed by atoms with Gasteiger partial charge in [0.05, 0.1) is 0 Å². The molecule has 0 aliphatic carbocycles. The molecule has 18 heavy (non-hydrogen) atoms. The van der Waals surface area contributed by atoms with Gasteiger partial charge in [0.1, 0.15) is 10.0 Å². The molecule has 1 aromatic heterocycles. The van der Waals surface area contributed by atoms with Gasteiger partial charge in [-0.2, -0.15) is 4.31 Å². The van der Waals surface area contributed by atoms with Crippen LogP contribution >= 0.6 is 11.6 Å². The molecule has 0 aromatic carbocycles. The summed E-state index contributed by atoms with van der Waals surface area (Å²) < 4.78 is 26.0. The van der Waals surface area contributed by atoms with E-state index in [4.69, 9.17) is 16.7 Å². The quantitative estimate of drug-likeness (QED) is 0.807. The van der Waals surface area contributed by atoms with Crippen molar-refractivity contribution in [3.63, 3.8) is 0 Å². The van der Waals surface area contributed by atoms with E-state index in [1.165, 1.54) is 22.6 Å². The Hall–Kier alpha value is -0.690. The minimum Gasteiger partial charge on any atom is -0.396 e. The monoisotopic (exact) mass is 292 g/mol. The number of halogens is 1. The second kappa shape index (κ2) is 6.47. The molecule has 0 aliphatic heterocycles. The van der Waals surface area contributed by atoms with E-state index in [0.29, 0.717) is 6.42 Å². The van der Waals surface area contributed by atoms with Crippen molar-refractivity contribution in [1.82, 2.24) is 9.29 Å². The Bertz CT molecular complexity index is 474. The van der Waals surface area contributed by atoms with Crippen molar-refractivity contribution in [2.24, 2.45) is 0 Å². The van der Waals surface area contributed by atoms with Gasteiger partial charge in [-0.3, -0.25) is 0 Å². The lowest BCUT2D eigenvalue weighted by Crippen LogP contribution is -2.38. The highest BCUT2D eigenvalue weighted by Gasteiger charge is 2.26. The molecule has 0 unspecified atom stereocenters. The first-order valence-electron chi connectivity index (χ1n) is 5.64. The van der Waals surface area contributed by atoms with Gasteiger partial charge in [-0.15, -0.1) is 0 Å². The first-order chi connectivity index (χ1) is 8.39. The van der Waals surface area contributed by atoms with E-state index in [-0.39, 0.29) is 29.2 Å². The van der Waals surface area contributed by atoms with Crippen molar-refractivity contribution in [3.05, 3.63) is 23.5 Å². The fourth-order valence-corrected chi connectivity index (χ4v) is 3.27. The molecule has 0 amide bonds. The highest BCUT2D eigenvalue weighted by atomic mass is 35.5. The Balaban J connectivity index is 3.05. The summed E-state index contributed by atoms with van der Waals surface area (Å²) in [4.78, 5) is 3.89. The van der Waals surface area contributed by atoms with Crippen LogP contribution in [0.15, 0.2) is 23.2 Å². The van der Waals surface area contributed by atoms with Gasteiger partial charge in [0, 0.05) is 25.4 Å². The predicted molar refractivity (Wildman–Crippen MR) is 70.0 cm³/mol. The van der Waals surface area contributed by atoms with Gasteiger partial charge in [0.2, 0.25) is 10.0 Å². The van der Waals surface area contributed by atoms with Gasteiger partial charge in [0.25, 0.3) is 0 Å². The van der Waals surface area contributed by atoms with Crippen molar-refractivity contribution in [1.29, 1.82) is 0 Å². The molecular formula is C11H17ClN2O3S. The van der Waals surface area contributed by atoms with E-state index in [2.05, 4.69) is 4.98 Å². The maximum atomic E-state index is 12.4. The highest BCUT2D eigenvalue weighted by Crippen LogP contribution is 2.19. The van der Waals surface area contributed by atoms with Crippen LogP contribution in [0.3, 0.4) is 0 Å². The zero-order chi connectivity index (χ0) is 13.8. The lowest BCUT2D eigenvalue weighted by molar-refractivity contribution is 0.258. The van der Waals surface area contributed by atoms with Crippen molar-refractivity contribution in [3.8, 4) is 0 Å². The number of aromatic nitrogens is 1. The molecule has 0 aliphatic rings. The summed E-state index contributed by atoms with van der Waals surface area (Å²) in [5, 5.41) is 9.07. The normalized spacial score (nSPS) is 12.3. The Morgan fingerprint density at radius 3 is 2.56 bits per heavy atom. The largest absolute Gasteiger partial charge is 0.396 e. The molecule has 0 fully saturated rings. The van der Waals surface area contributed by atoms with Gasteiger partial charge in [-0.1, -0.05) is 11.6 Å². The second-order valence-electron chi connectivity index (χ2n) is 4.10. The van der Waals surface area contributed by atoms with E-state index >= 15 is 0 Å². The van der Waals surface area contributed by atoms with E-state index in [0.717, 1.165) is 0 Å². The van der Waals surface area contributed by atoms with E-state index in [1.54, 1.807) is 13.8 Å². The predicted octanol–water partition coefficient (Wildman–Crippen LogP) is 1.52. The Morgan fingerprint density at radius 1 is 1.44 bits per heavy atom. The number of sulfonamides is 1. The van der Waals surface area contributed by atoms with Crippen molar-refractivity contribution in [2.75, 3.05) is 13.2 Å². The Kier molecular flexibility index (Phi) is 5.52. The molecule has 1 aromatic rings. The van der Waals surface area contributed by atoms with Crippen LogP contribution in [0.1, 0.15) is 20.3 Å². The summed E-state index contributed by atoms with van der Waals surface area (Å²) in [6.45, 7) is 3.81. The molecule has 0 atom stereocenters. The molecule has 1 heterocycles. The molecule has 5 nitrogen and oxygen atoms in total. The summed E-state index contributed by atoms with van der Waals surface area (Å²) in [5.41, 5.74) is 0. The molecule has 0 saturated heterocycles. The maximum Gasteiger partial charge on any atom is 0.244 e. The lowest BCUT2D eigenvalue weighted by Gasteiger charge is -2.25. The minimum atomic E-state index is -3.59. The molecule has 1 N–H and O–H groups in total. The van der Waals surface area contributed by atoms with Gasteiger partial charge >= 0.3 is 0 Å². The Labute approximate surface area is 112 Å². The van der Waals surface area contributed by atoms with Crippen LogP contribution in [0.5, 0.6) is 0 Å². The molecule has 0 bridgehead atoms. The highest BCUT2D eigenvalue weighted by molar-refractivity contribution is 7.89. The van der Waals surface area contributed by atoms with Crippen LogP contribution in [0.25, 0.3) is 0 Å². The van der Waals surface area contributed by atoms with Crippen LogP contribution in [-0.2, 0) is 10.0 Å². The van der Waals surface area contributed by atoms with Crippen LogP contribution in [0.2, 0.25) is 5.15 Å². The van der Waals surface area contributed by atoms with Gasteiger partial charge in [-0.05, 0) is 32.4 Å². The van der Waals surface area contributed by atoms with Crippen molar-refractivity contribution >= 4 is 21.6 Å². The summed E-state index contributed by atoms with van der Waals surface area (Å²) in [5.74, 6) is 0. The molecule has 0 saturated carbocycles. The van der Waals surface area contributed by atoms with Crippen LogP contribution in [0.4, 0.5) is 0 Å². The summed E-state index contributed by atoms with van der Waals surface area (Å²) in [6, 6.07) is 2.69. The molecule has 1 rings (SSSR count). The Morgan fingerprint density at radius 2 is 2.11 bits per heavy atom. The summed E-state index contributed by atoms with van der Waals surface area (Å²) in [6.07, 6.45) is 1.64. The zero-order valence-electron chi connectivity index (χ0n) is 10.4. The van der Waals surface area contributed by atoms with Crippen molar-refractivity contribution < 1.29 is 13.5 Å². The van der Waals surface area contributed by atoms with E-state index < -0.39 is 10.0 Å². The number of nitrogens with zero attached hydrogens (tertiary/aromatic N) is 2. The average molecular weight is 293 g/mol. The summed E-state index contributed by atoms with van der Waals surface area (Å²) >= 11 is 5.63. The zero-order valence-corrected chi connectivity index (χ0v) is 11.9. The van der Waals surface area contributed by atoms with Crippen LogP contribution in [0, 0.1) is 0 Å². The molecule has 0 spiro atoms. The van der Waals surface area contributed by atoms with Crippen LogP contribution < -0.4 is 0 Å². The molecular weight excluding hydrogens is 276 g/mol. The van der Waals surface area contributed by atoms with Crippen LogP contribution in [-0.4, -0.2) is 42.0 Å². The van der Waals surface area contributed by atoms with E-state index in [1.807, 2.05) is 0 Å². The maximum absolute atomic E-state index is 12.4. The first kappa shape index (κ1) is 15.4. The number of hydrogen-bond donors (Lipinski definition) is 1. The minimum absolute atomic E-state index is 0.0440. The smallest absolute Gasteiger partial charge is 0.244 e. The second-order valence-corrected chi connectivity index (χ2v) is 6.38. The number of pyridine rings is 1. The SMILES string of the molecule is CC(C)N(CCCO)S(=O)(=O)c1ccc(Cl)nc1. The molecule has 102 valence electrons. The van der Waals surface area contributed by atoms with Gasteiger partial charge < -0.3 is 5.11 Å². The lowest BCUT2D eigenvalue weighted by atomic mass is 10.3. The topological polar surface area (TPSA) is 70.5 Å². The van der Waals surface area contributed by atoms with Gasteiger partial charge in [-0.25, -0.2) is 13.4 Å². The van der Waals surface area contributed by atoms with E-state index in [9.17, 15) is 8.42 Å². The molecule has 0 radical (unpaired) electrons. The average Bonchev–Trinajstić information content (AvgIpc) is 2.29. The number of hydrogen-bond acceptors (Lipinski definition) is 4. The van der Waals surface area contributed by atoms with Crippen molar-refractivity contribution in [2.45, 2.75) is 31.2 Å². The standard InChI is InChI=1S/C11H17ClN2O3S/c1-9(2)14(6-3-7-15)18(16,17)10-4-5-11(12)13-8-10/h4-5,8-9,15H,3,6-7H2,1-2H3. The summed E-state index contributed by atoms with van der Waals surface area (Å²) in [7, 11) is -3.59. The third-order valence-corrected chi connectivity index (χ3v) is 4.70. The van der Waals surface area contributed by atoms with Gasteiger partial charge in [0.15, 0.2) is 0 Å². The number of aliphatic hydroxyl groups is 1. The fourth-order valence-electron chi connectivity index (χ4n) is 1.53. The third kappa shape index (κ3) is 3.65. The number of rotatable bonds is 6.